The molecule has 1 aromatic carbocycles. The second-order valence-corrected chi connectivity index (χ2v) is 11.3. The highest BCUT2D eigenvalue weighted by atomic mass is 16.2. The number of carbonyl (C=O) groups is 1. The lowest BCUT2D eigenvalue weighted by Crippen LogP contribution is -2.60. The van der Waals surface area contributed by atoms with Crippen LogP contribution in [0.2, 0.25) is 0 Å². The van der Waals surface area contributed by atoms with Gasteiger partial charge in [-0.1, -0.05) is 36.3 Å². The summed E-state index contributed by atoms with van der Waals surface area (Å²) in [6, 6.07) is 10.2. The topological polar surface area (TPSA) is 28.5 Å². The molecule has 0 radical (unpaired) electrons. The number of hydrogen-bond donors (Lipinski definition) is 0. The van der Waals surface area contributed by atoms with E-state index in [0.717, 1.165) is 31.3 Å². The third-order valence-electron chi connectivity index (χ3n) is 8.97. The predicted molar refractivity (Wildman–Crippen MR) is 134 cm³/mol. The molecule has 1 amide bonds. The van der Waals surface area contributed by atoms with E-state index < -0.39 is 0 Å². The summed E-state index contributed by atoms with van der Waals surface area (Å²) < 4.78 is 2.36. The molecular weight excluding hydrogens is 406 g/mol. The summed E-state index contributed by atoms with van der Waals surface area (Å²) in [5, 5.41) is 1.31. The molecule has 4 aliphatic rings. The van der Waals surface area contributed by atoms with Crippen molar-refractivity contribution in [3.05, 3.63) is 47.7 Å². The van der Waals surface area contributed by atoms with Crippen LogP contribution >= 0.6 is 0 Å². The molecule has 3 fully saturated rings. The summed E-state index contributed by atoms with van der Waals surface area (Å²) >= 11 is 0. The first kappa shape index (κ1) is 21.5. The Hall–Kier alpha value is -2.07. The molecule has 3 aliphatic heterocycles. The normalized spacial score (nSPS) is 29.7. The molecule has 2 aromatic rings. The minimum absolute atomic E-state index is 0.363. The van der Waals surface area contributed by atoms with Crippen LogP contribution < -0.4 is 0 Å². The first-order valence-electron chi connectivity index (χ1n) is 13.4. The number of likely N-dealkylation sites (tertiary alicyclic amines) is 1. The van der Waals surface area contributed by atoms with Gasteiger partial charge in [0.25, 0.3) is 0 Å². The minimum Gasteiger partial charge on any atom is -0.345 e. The van der Waals surface area contributed by atoms with Crippen LogP contribution in [0.5, 0.6) is 0 Å². The quantitative estimate of drug-likeness (QED) is 0.575. The van der Waals surface area contributed by atoms with Crippen molar-refractivity contribution in [2.45, 2.75) is 83.3 Å². The monoisotopic (exact) mass is 445 g/mol. The molecule has 33 heavy (non-hydrogen) atoms. The van der Waals surface area contributed by atoms with Gasteiger partial charge in [-0.3, -0.25) is 9.69 Å². The summed E-state index contributed by atoms with van der Waals surface area (Å²) in [4.78, 5) is 18.7. The summed E-state index contributed by atoms with van der Waals surface area (Å²) in [6.45, 7) is 7.88. The lowest BCUT2D eigenvalue weighted by molar-refractivity contribution is -0.136. The Morgan fingerprint density at radius 3 is 2.88 bits per heavy atom. The molecule has 4 atom stereocenters. The standard InChI is InChI=1S/C29H39N3O/c1-20(2)32-19-22(25-9-3-4-11-27(25)32)12-13-28(33)31-15-7-8-21-16-23-17-24(29(21)31)18-30-14-6-5-10-26(23)30/h3-4,9,11,16,19-20,23-24,26,29H,5-8,10,12-15,17-18H2,1-2H3/t23-,24+,26-,29-/m0/s1. The first-order chi connectivity index (χ1) is 16.1. The highest BCUT2D eigenvalue weighted by Gasteiger charge is 2.46. The number of amides is 1. The van der Waals surface area contributed by atoms with Gasteiger partial charge in [-0.05, 0) is 82.4 Å². The summed E-state index contributed by atoms with van der Waals surface area (Å²) in [5.74, 6) is 1.73. The Bertz CT molecular complexity index is 1070. The van der Waals surface area contributed by atoms with E-state index in [1.807, 2.05) is 0 Å². The van der Waals surface area contributed by atoms with E-state index in [4.69, 9.17) is 0 Å². The number of aryl methyl sites for hydroxylation is 1. The van der Waals surface area contributed by atoms with Gasteiger partial charge in [0.1, 0.15) is 0 Å². The van der Waals surface area contributed by atoms with E-state index in [1.165, 1.54) is 61.7 Å². The van der Waals surface area contributed by atoms with Crippen molar-refractivity contribution >= 4 is 16.8 Å². The highest BCUT2D eigenvalue weighted by molar-refractivity contribution is 5.85. The maximum Gasteiger partial charge on any atom is 0.223 e. The number of fused-ring (bicyclic) bond motifs is 7. The number of benzene rings is 1. The van der Waals surface area contributed by atoms with Crippen LogP contribution in [0.1, 0.15) is 70.4 Å². The van der Waals surface area contributed by atoms with Crippen LogP contribution in [0.3, 0.4) is 0 Å². The zero-order valence-corrected chi connectivity index (χ0v) is 20.4. The second kappa shape index (κ2) is 8.61. The van der Waals surface area contributed by atoms with Crippen LogP contribution in [-0.2, 0) is 11.2 Å². The zero-order valence-electron chi connectivity index (χ0n) is 20.4. The van der Waals surface area contributed by atoms with E-state index >= 15 is 0 Å². The van der Waals surface area contributed by atoms with Gasteiger partial charge in [0.2, 0.25) is 5.91 Å². The van der Waals surface area contributed by atoms with Crippen molar-refractivity contribution in [1.29, 1.82) is 0 Å². The fourth-order valence-corrected chi connectivity index (χ4v) is 7.54. The predicted octanol–water partition coefficient (Wildman–Crippen LogP) is 5.58. The van der Waals surface area contributed by atoms with E-state index in [0.29, 0.717) is 30.3 Å². The fourth-order valence-electron chi connectivity index (χ4n) is 7.54. The largest absolute Gasteiger partial charge is 0.345 e. The van der Waals surface area contributed by atoms with Crippen LogP contribution in [0.15, 0.2) is 42.1 Å². The average molecular weight is 446 g/mol. The van der Waals surface area contributed by atoms with Gasteiger partial charge in [0, 0.05) is 48.7 Å². The Balaban J connectivity index is 1.21. The van der Waals surface area contributed by atoms with Crippen LogP contribution in [0, 0.1) is 11.8 Å². The molecule has 1 aromatic heterocycles. The Labute approximate surface area is 198 Å². The number of aromatic nitrogens is 1. The van der Waals surface area contributed by atoms with E-state index in [1.54, 1.807) is 5.57 Å². The lowest BCUT2D eigenvalue weighted by atomic mass is 9.68. The van der Waals surface area contributed by atoms with Gasteiger partial charge in [-0.15, -0.1) is 0 Å². The lowest BCUT2D eigenvalue weighted by Gasteiger charge is -2.54. The van der Waals surface area contributed by atoms with Gasteiger partial charge < -0.3 is 9.47 Å². The van der Waals surface area contributed by atoms with Crippen molar-refractivity contribution in [3.63, 3.8) is 0 Å². The van der Waals surface area contributed by atoms with Crippen molar-refractivity contribution < 1.29 is 4.79 Å². The van der Waals surface area contributed by atoms with E-state index in [9.17, 15) is 4.79 Å². The number of piperidine rings is 3. The van der Waals surface area contributed by atoms with Crippen molar-refractivity contribution in [2.75, 3.05) is 19.6 Å². The van der Waals surface area contributed by atoms with Crippen molar-refractivity contribution in [2.24, 2.45) is 11.8 Å². The maximum absolute atomic E-state index is 13.6. The van der Waals surface area contributed by atoms with Crippen molar-refractivity contribution in [3.8, 4) is 0 Å². The Morgan fingerprint density at radius 2 is 2.00 bits per heavy atom. The first-order valence-corrected chi connectivity index (χ1v) is 13.4. The van der Waals surface area contributed by atoms with Gasteiger partial charge in [-0.25, -0.2) is 0 Å². The Morgan fingerprint density at radius 1 is 1.12 bits per heavy atom. The molecule has 4 heteroatoms. The van der Waals surface area contributed by atoms with Crippen LogP contribution in [-0.4, -0.2) is 52.0 Å². The third kappa shape index (κ3) is 3.75. The molecule has 0 spiro atoms. The summed E-state index contributed by atoms with van der Waals surface area (Å²) in [6.07, 6.45) is 14.1. The minimum atomic E-state index is 0.363. The molecule has 4 nitrogen and oxygen atoms in total. The van der Waals surface area contributed by atoms with E-state index in [-0.39, 0.29) is 0 Å². The number of carbonyl (C=O) groups excluding carboxylic acids is 1. The van der Waals surface area contributed by atoms with Crippen LogP contribution in [0.4, 0.5) is 0 Å². The molecule has 2 bridgehead atoms. The van der Waals surface area contributed by atoms with Crippen LogP contribution in [0.25, 0.3) is 10.9 Å². The number of hydrogen-bond acceptors (Lipinski definition) is 2. The molecule has 4 heterocycles. The zero-order chi connectivity index (χ0) is 22.5. The average Bonchev–Trinajstić information content (AvgIpc) is 3.21. The van der Waals surface area contributed by atoms with Gasteiger partial charge in [-0.2, -0.15) is 0 Å². The molecule has 0 N–H and O–H groups in total. The molecule has 1 aliphatic carbocycles. The van der Waals surface area contributed by atoms with Gasteiger partial charge in [0.15, 0.2) is 0 Å². The molecule has 176 valence electrons. The van der Waals surface area contributed by atoms with Gasteiger partial charge in [0.05, 0.1) is 6.04 Å². The highest BCUT2D eigenvalue weighted by Crippen LogP contribution is 2.45. The molecule has 6 rings (SSSR count). The maximum atomic E-state index is 13.6. The summed E-state index contributed by atoms with van der Waals surface area (Å²) in [5.41, 5.74) is 4.20. The fraction of sp³-hybridized carbons (Fsp3) is 0.621. The summed E-state index contributed by atoms with van der Waals surface area (Å²) in [7, 11) is 0. The van der Waals surface area contributed by atoms with Gasteiger partial charge >= 0.3 is 0 Å². The molecule has 3 saturated heterocycles. The SMILES string of the molecule is CC(C)n1cc(CCC(=O)N2CCCC3=C[C@H]4C[C@H](CN5CCCC[C@@H]45)[C@H]32)c2ccccc21. The smallest absolute Gasteiger partial charge is 0.223 e. The number of para-hydroxylation sites is 1. The Kier molecular flexibility index (Phi) is 5.60. The number of rotatable bonds is 4. The second-order valence-electron chi connectivity index (χ2n) is 11.3. The number of nitrogens with zero attached hydrogens (tertiary/aromatic N) is 3. The van der Waals surface area contributed by atoms with Crippen molar-refractivity contribution in [1.82, 2.24) is 14.4 Å². The molecular formula is C29H39N3O. The van der Waals surface area contributed by atoms with E-state index in [2.05, 4.69) is 64.8 Å². The molecule has 0 saturated carbocycles. The molecule has 0 unspecified atom stereocenters. The third-order valence-corrected chi connectivity index (χ3v) is 8.97.